The van der Waals surface area contributed by atoms with Crippen molar-refractivity contribution < 1.29 is 14.3 Å². The summed E-state index contributed by atoms with van der Waals surface area (Å²) >= 11 is 6.04. The zero-order chi connectivity index (χ0) is 20.3. The van der Waals surface area contributed by atoms with Crippen LogP contribution in [0.1, 0.15) is 40.9 Å². The molecule has 0 fully saturated rings. The van der Waals surface area contributed by atoms with Gasteiger partial charge in [0.1, 0.15) is 18.2 Å². The number of methoxy groups -OCH3 is 1. The maximum absolute atomic E-state index is 12.7. The second kappa shape index (κ2) is 8.48. The van der Waals surface area contributed by atoms with Crippen LogP contribution in [-0.2, 0) is 11.3 Å². The number of carbonyl (C=O) groups is 1. The molecule has 146 valence electrons. The van der Waals surface area contributed by atoms with E-state index in [9.17, 15) is 4.79 Å². The number of benzene rings is 2. The van der Waals surface area contributed by atoms with Crippen molar-refractivity contribution >= 4 is 17.7 Å². The van der Waals surface area contributed by atoms with E-state index in [1.807, 2.05) is 13.0 Å². The zero-order valence-corrected chi connectivity index (χ0v) is 17.2. The topological polar surface area (TPSA) is 53.4 Å². The fourth-order valence-corrected chi connectivity index (χ4v) is 3.44. The number of carbonyl (C=O) groups excluding carboxylic acids is 1. The van der Waals surface area contributed by atoms with E-state index in [0.29, 0.717) is 22.2 Å². The molecule has 0 aliphatic rings. The van der Waals surface area contributed by atoms with Crippen molar-refractivity contribution in [2.45, 2.75) is 33.3 Å². The minimum absolute atomic E-state index is 0.0526. The third kappa shape index (κ3) is 4.04. The standard InChI is InChI=1S/C22H23ClN2O3/c1-14-6-5-7-19(15(14)2)16(3)21-24-10-11-25(21)22(26)28-13-17-12-18(23)8-9-20(17)27-4/h5-12,16H,13H2,1-4H3/t16-/m0/s1. The van der Waals surface area contributed by atoms with Gasteiger partial charge in [0.2, 0.25) is 0 Å². The van der Waals surface area contributed by atoms with Crippen LogP contribution in [0.4, 0.5) is 4.79 Å². The van der Waals surface area contributed by atoms with Gasteiger partial charge in [-0.25, -0.2) is 14.3 Å². The van der Waals surface area contributed by atoms with Gasteiger partial charge in [-0.05, 0) is 48.7 Å². The average Bonchev–Trinajstić information content (AvgIpc) is 3.18. The molecule has 1 heterocycles. The van der Waals surface area contributed by atoms with Crippen molar-refractivity contribution in [3.05, 3.63) is 81.9 Å². The summed E-state index contributed by atoms with van der Waals surface area (Å²) in [5.41, 5.74) is 4.24. The third-order valence-electron chi connectivity index (χ3n) is 4.96. The highest BCUT2D eigenvalue weighted by molar-refractivity contribution is 6.30. The quantitative estimate of drug-likeness (QED) is 0.569. The van der Waals surface area contributed by atoms with Gasteiger partial charge >= 0.3 is 6.09 Å². The van der Waals surface area contributed by atoms with Crippen LogP contribution in [0.15, 0.2) is 48.8 Å². The Balaban J connectivity index is 1.81. The van der Waals surface area contributed by atoms with Crippen molar-refractivity contribution in [2.75, 3.05) is 7.11 Å². The maximum Gasteiger partial charge on any atom is 0.419 e. The van der Waals surface area contributed by atoms with E-state index in [-0.39, 0.29) is 12.5 Å². The molecule has 5 nitrogen and oxygen atoms in total. The van der Waals surface area contributed by atoms with Gasteiger partial charge in [-0.15, -0.1) is 0 Å². The molecule has 0 N–H and O–H groups in total. The van der Waals surface area contributed by atoms with Crippen molar-refractivity contribution in [1.82, 2.24) is 9.55 Å². The average molecular weight is 399 g/mol. The number of hydrogen-bond donors (Lipinski definition) is 0. The Morgan fingerprint density at radius 3 is 2.79 bits per heavy atom. The second-order valence-corrected chi connectivity index (χ2v) is 7.11. The molecule has 1 aromatic heterocycles. The number of imidazole rings is 1. The Morgan fingerprint density at radius 1 is 1.25 bits per heavy atom. The van der Waals surface area contributed by atoms with Crippen LogP contribution in [-0.4, -0.2) is 22.8 Å². The molecule has 3 rings (SSSR count). The molecular weight excluding hydrogens is 376 g/mol. The van der Waals surface area contributed by atoms with E-state index in [2.05, 4.69) is 31.0 Å². The molecule has 0 amide bonds. The molecule has 3 aromatic rings. The van der Waals surface area contributed by atoms with Crippen LogP contribution in [0.2, 0.25) is 5.02 Å². The van der Waals surface area contributed by atoms with Crippen molar-refractivity contribution in [3.8, 4) is 5.75 Å². The summed E-state index contributed by atoms with van der Waals surface area (Å²) in [6, 6.07) is 11.4. The van der Waals surface area contributed by atoms with Crippen molar-refractivity contribution in [1.29, 1.82) is 0 Å². The van der Waals surface area contributed by atoms with Crippen molar-refractivity contribution in [3.63, 3.8) is 0 Å². The number of aromatic nitrogens is 2. The van der Waals surface area contributed by atoms with Gasteiger partial charge in [-0.1, -0.05) is 36.7 Å². The number of hydrogen-bond acceptors (Lipinski definition) is 4. The first kappa shape index (κ1) is 20.0. The highest BCUT2D eigenvalue weighted by Gasteiger charge is 2.21. The van der Waals surface area contributed by atoms with E-state index < -0.39 is 6.09 Å². The van der Waals surface area contributed by atoms with Gasteiger partial charge in [0.25, 0.3) is 0 Å². The Hall–Kier alpha value is -2.79. The molecule has 0 aliphatic heterocycles. The van der Waals surface area contributed by atoms with Crippen LogP contribution >= 0.6 is 11.6 Å². The molecular formula is C22H23ClN2O3. The van der Waals surface area contributed by atoms with Gasteiger partial charge in [-0.3, -0.25) is 0 Å². The number of rotatable bonds is 5. The summed E-state index contributed by atoms with van der Waals surface area (Å²) in [5.74, 6) is 1.20. The number of ether oxygens (including phenoxy) is 2. The lowest BCUT2D eigenvalue weighted by Gasteiger charge is -2.17. The summed E-state index contributed by atoms with van der Waals surface area (Å²) < 4.78 is 12.2. The molecule has 28 heavy (non-hydrogen) atoms. The third-order valence-corrected chi connectivity index (χ3v) is 5.20. The Labute approximate surface area is 169 Å². The summed E-state index contributed by atoms with van der Waals surface area (Å²) in [6.45, 7) is 6.24. The Bertz CT molecular complexity index is 997. The minimum Gasteiger partial charge on any atom is -0.496 e. The van der Waals surface area contributed by atoms with Gasteiger partial charge in [0, 0.05) is 28.9 Å². The first-order chi connectivity index (χ1) is 13.4. The zero-order valence-electron chi connectivity index (χ0n) is 16.4. The first-order valence-electron chi connectivity index (χ1n) is 9.01. The Morgan fingerprint density at radius 2 is 2.04 bits per heavy atom. The van der Waals surface area contributed by atoms with Crippen molar-refractivity contribution in [2.24, 2.45) is 0 Å². The molecule has 6 heteroatoms. The molecule has 0 aliphatic carbocycles. The molecule has 0 bridgehead atoms. The summed E-state index contributed by atoms with van der Waals surface area (Å²) in [5, 5.41) is 0.554. The van der Waals surface area contributed by atoms with Crippen LogP contribution < -0.4 is 4.74 Å². The smallest absolute Gasteiger partial charge is 0.419 e. The molecule has 1 atom stereocenters. The molecule has 0 radical (unpaired) electrons. The highest BCUT2D eigenvalue weighted by atomic mass is 35.5. The molecule has 0 spiro atoms. The predicted molar refractivity (Wildman–Crippen MR) is 109 cm³/mol. The lowest BCUT2D eigenvalue weighted by atomic mass is 9.93. The predicted octanol–water partition coefficient (Wildman–Crippen LogP) is 5.50. The van der Waals surface area contributed by atoms with Gasteiger partial charge < -0.3 is 9.47 Å². The van der Waals surface area contributed by atoms with E-state index >= 15 is 0 Å². The fraction of sp³-hybridized carbons (Fsp3) is 0.273. The van der Waals surface area contributed by atoms with E-state index in [4.69, 9.17) is 21.1 Å². The number of halogens is 1. The van der Waals surface area contributed by atoms with Crippen LogP contribution in [0, 0.1) is 13.8 Å². The molecule has 0 saturated heterocycles. The largest absolute Gasteiger partial charge is 0.496 e. The highest BCUT2D eigenvalue weighted by Crippen LogP contribution is 2.28. The van der Waals surface area contributed by atoms with Crippen LogP contribution in [0.5, 0.6) is 5.75 Å². The SMILES string of the molecule is COc1ccc(Cl)cc1COC(=O)n1ccnc1[C@@H](C)c1cccc(C)c1C. The number of nitrogens with zero attached hydrogens (tertiary/aromatic N) is 2. The van der Waals surface area contributed by atoms with E-state index in [1.54, 1.807) is 37.7 Å². The first-order valence-corrected chi connectivity index (χ1v) is 9.39. The second-order valence-electron chi connectivity index (χ2n) is 6.68. The lowest BCUT2D eigenvalue weighted by molar-refractivity contribution is 0.139. The summed E-state index contributed by atoms with van der Waals surface area (Å²) in [7, 11) is 1.56. The van der Waals surface area contributed by atoms with Gasteiger partial charge in [-0.2, -0.15) is 0 Å². The van der Waals surface area contributed by atoms with E-state index in [1.165, 1.54) is 15.7 Å². The molecule has 0 saturated carbocycles. The summed E-state index contributed by atoms with van der Waals surface area (Å²) in [4.78, 5) is 17.1. The Kier molecular flexibility index (Phi) is 6.05. The lowest BCUT2D eigenvalue weighted by Crippen LogP contribution is -2.18. The number of aryl methyl sites for hydroxylation is 1. The van der Waals surface area contributed by atoms with Gasteiger partial charge in [0.15, 0.2) is 0 Å². The maximum atomic E-state index is 12.7. The van der Waals surface area contributed by atoms with E-state index in [0.717, 1.165) is 5.56 Å². The monoisotopic (exact) mass is 398 g/mol. The summed E-state index contributed by atoms with van der Waals surface area (Å²) in [6.07, 6.45) is 2.74. The van der Waals surface area contributed by atoms with Gasteiger partial charge in [0.05, 0.1) is 7.11 Å². The normalized spacial score (nSPS) is 11.9. The fourth-order valence-electron chi connectivity index (χ4n) is 3.24. The molecule has 0 unspecified atom stereocenters. The van der Waals surface area contributed by atoms with Crippen LogP contribution in [0.3, 0.4) is 0 Å². The molecule has 2 aromatic carbocycles. The van der Waals surface area contributed by atoms with Crippen LogP contribution in [0.25, 0.3) is 0 Å². The minimum atomic E-state index is -0.494.